The summed E-state index contributed by atoms with van der Waals surface area (Å²) >= 11 is 3.28. The number of ether oxygens (including phenoxy) is 1. The number of likely N-dealkylation sites (tertiary alicyclic amines) is 1. The van der Waals surface area contributed by atoms with Gasteiger partial charge in [0.2, 0.25) is 0 Å². The molecule has 2 rings (SSSR count). The molecule has 6 heteroatoms. The van der Waals surface area contributed by atoms with Crippen LogP contribution < -0.4 is 0 Å². The van der Waals surface area contributed by atoms with Gasteiger partial charge in [0.15, 0.2) is 0 Å². The average molecular weight is 315 g/mol. The summed E-state index contributed by atoms with van der Waals surface area (Å²) in [6, 6.07) is 3.26. The van der Waals surface area contributed by atoms with E-state index >= 15 is 0 Å². The molecule has 0 unspecified atom stereocenters. The molecule has 2 heterocycles. The van der Waals surface area contributed by atoms with E-state index < -0.39 is 0 Å². The van der Waals surface area contributed by atoms with Crippen LogP contribution in [0, 0.1) is 0 Å². The lowest BCUT2D eigenvalue weighted by atomic mass is 10.2. The fourth-order valence-electron chi connectivity index (χ4n) is 2.12. The molecule has 0 aliphatic carbocycles. The molecule has 0 spiro atoms. The second kappa shape index (κ2) is 5.77. The number of hydrogen-bond donors (Lipinski definition) is 1. The Kier molecular flexibility index (Phi) is 4.31. The number of pyridine rings is 1. The summed E-state index contributed by atoms with van der Waals surface area (Å²) in [5, 5.41) is 9.31. The summed E-state index contributed by atoms with van der Waals surface area (Å²) in [6.45, 7) is 0.445. The fourth-order valence-corrected chi connectivity index (χ4v) is 2.35. The van der Waals surface area contributed by atoms with Crippen molar-refractivity contribution in [2.45, 2.75) is 18.6 Å². The largest absolute Gasteiger partial charge is 0.394 e. The first kappa shape index (κ1) is 13.5. The van der Waals surface area contributed by atoms with Crippen LogP contribution in [0.3, 0.4) is 0 Å². The predicted molar refractivity (Wildman–Crippen MR) is 69.3 cm³/mol. The monoisotopic (exact) mass is 314 g/mol. The summed E-state index contributed by atoms with van der Waals surface area (Å²) in [4.78, 5) is 18.0. The average Bonchev–Trinajstić information content (AvgIpc) is 2.82. The molecule has 5 nitrogen and oxygen atoms in total. The molecule has 1 aliphatic rings. The Morgan fingerprint density at radius 3 is 3.00 bits per heavy atom. The van der Waals surface area contributed by atoms with E-state index in [1.165, 1.54) is 0 Å². The number of halogens is 1. The lowest BCUT2D eigenvalue weighted by Crippen LogP contribution is -2.38. The molecule has 1 N–H and O–H groups in total. The van der Waals surface area contributed by atoms with Crippen LogP contribution in [0.15, 0.2) is 22.8 Å². The SMILES string of the molecule is CO[C@H]1C[C@@H](CO)N(C(=O)c2ccc(Br)cn2)C1. The van der Waals surface area contributed by atoms with E-state index in [-0.39, 0.29) is 24.7 Å². The Morgan fingerprint density at radius 1 is 1.67 bits per heavy atom. The number of nitrogens with zero attached hydrogens (tertiary/aromatic N) is 2. The van der Waals surface area contributed by atoms with Gasteiger partial charge in [0.25, 0.3) is 5.91 Å². The minimum Gasteiger partial charge on any atom is -0.394 e. The number of aromatic nitrogens is 1. The molecule has 0 bridgehead atoms. The van der Waals surface area contributed by atoms with Crippen LogP contribution in [-0.2, 0) is 4.74 Å². The smallest absolute Gasteiger partial charge is 0.272 e. The molecule has 1 amide bonds. The van der Waals surface area contributed by atoms with E-state index in [1.54, 1.807) is 30.3 Å². The second-order valence-corrected chi connectivity index (χ2v) is 5.16. The molecular weight excluding hydrogens is 300 g/mol. The van der Waals surface area contributed by atoms with Crippen molar-refractivity contribution in [1.82, 2.24) is 9.88 Å². The first-order chi connectivity index (χ1) is 8.65. The molecule has 1 saturated heterocycles. The topological polar surface area (TPSA) is 62.7 Å². The third-order valence-corrected chi connectivity index (χ3v) is 3.60. The molecule has 98 valence electrons. The van der Waals surface area contributed by atoms with Crippen molar-refractivity contribution in [1.29, 1.82) is 0 Å². The number of carbonyl (C=O) groups is 1. The number of aliphatic hydroxyl groups excluding tert-OH is 1. The van der Waals surface area contributed by atoms with Crippen molar-refractivity contribution in [3.8, 4) is 0 Å². The first-order valence-electron chi connectivity index (χ1n) is 5.72. The van der Waals surface area contributed by atoms with Crippen LogP contribution in [0.5, 0.6) is 0 Å². The highest BCUT2D eigenvalue weighted by molar-refractivity contribution is 9.10. The number of hydrogen-bond acceptors (Lipinski definition) is 4. The molecule has 2 atom stereocenters. The zero-order chi connectivity index (χ0) is 13.1. The van der Waals surface area contributed by atoms with Crippen LogP contribution in [0.25, 0.3) is 0 Å². The Labute approximate surface area is 114 Å². The van der Waals surface area contributed by atoms with Crippen LogP contribution in [0.2, 0.25) is 0 Å². The zero-order valence-electron chi connectivity index (χ0n) is 10.0. The van der Waals surface area contributed by atoms with Gasteiger partial charge in [-0.25, -0.2) is 4.98 Å². The molecule has 0 aromatic carbocycles. The van der Waals surface area contributed by atoms with Crippen molar-refractivity contribution in [2.75, 3.05) is 20.3 Å². The van der Waals surface area contributed by atoms with Gasteiger partial charge >= 0.3 is 0 Å². The molecular formula is C12H15BrN2O3. The first-order valence-corrected chi connectivity index (χ1v) is 6.51. The summed E-state index contributed by atoms with van der Waals surface area (Å²) in [7, 11) is 1.62. The maximum absolute atomic E-state index is 12.3. The molecule has 0 saturated carbocycles. The molecule has 1 fully saturated rings. The third-order valence-electron chi connectivity index (χ3n) is 3.13. The minimum absolute atomic E-state index is 0.0125. The highest BCUT2D eigenvalue weighted by Crippen LogP contribution is 2.21. The molecule has 18 heavy (non-hydrogen) atoms. The summed E-state index contributed by atoms with van der Waals surface area (Å²) in [5.41, 5.74) is 0.383. The quantitative estimate of drug-likeness (QED) is 0.906. The van der Waals surface area contributed by atoms with Crippen molar-refractivity contribution >= 4 is 21.8 Å². The van der Waals surface area contributed by atoms with Crippen LogP contribution in [0.1, 0.15) is 16.9 Å². The van der Waals surface area contributed by atoms with E-state index in [1.807, 2.05) is 0 Å². The van der Waals surface area contributed by atoms with Gasteiger partial charge < -0.3 is 14.7 Å². The molecule has 1 aromatic heterocycles. The van der Waals surface area contributed by atoms with Crippen molar-refractivity contribution in [2.24, 2.45) is 0 Å². The van der Waals surface area contributed by atoms with Gasteiger partial charge in [0.1, 0.15) is 5.69 Å². The fraction of sp³-hybridized carbons (Fsp3) is 0.500. The summed E-state index contributed by atoms with van der Waals surface area (Å²) in [6.07, 6.45) is 2.24. The Hall–Kier alpha value is -0.980. The van der Waals surface area contributed by atoms with Crippen molar-refractivity contribution < 1.29 is 14.6 Å². The zero-order valence-corrected chi connectivity index (χ0v) is 11.6. The van der Waals surface area contributed by atoms with E-state index in [0.29, 0.717) is 18.7 Å². The summed E-state index contributed by atoms with van der Waals surface area (Å²) < 4.78 is 6.07. The van der Waals surface area contributed by atoms with Gasteiger partial charge in [0.05, 0.1) is 18.8 Å². The highest BCUT2D eigenvalue weighted by atomic mass is 79.9. The third kappa shape index (κ3) is 2.71. The van der Waals surface area contributed by atoms with Gasteiger partial charge in [-0.2, -0.15) is 0 Å². The van der Waals surface area contributed by atoms with Crippen LogP contribution in [-0.4, -0.2) is 53.3 Å². The minimum atomic E-state index is -0.187. The van der Waals surface area contributed by atoms with Gasteiger partial charge in [-0.15, -0.1) is 0 Å². The number of aliphatic hydroxyl groups is 1. The molecule has 0 radical (unpaired) electrons. The second-order valence-electron chi connectivity index (χ2n) is 4.25. The van der Waals surface area contributed by atoms with E-state index in [0.717, 1.165) is 4.47 Å². The molecule has 1 aromatic rings. The van der Waals surface area contributed by atoms with Gasteiger partial charge in [-0.3, -0.25) is 4.79 Å². The Bertz CT molecular complexity index is 424. The van der Waals surface area contributed by atoms with Gasteiger partial charge in [-0.05, 0) is 34.5 Å². The Balaban J connectivity index is 2.15. The predicted octanol–water partition coefficient (Wildman–Crippen LogP) is 1.07. The highest BCUT2D eigenvalue weighted by Gasteiger charge is 2.35. The maximum Gasteiger partial charge on any atom is 0.272 e. The molecule has 1 aliphatic heterocycles. The lowest BCUT2D eigenvalue weighted by Gasteiger charge is -2.22. The summed E-state index contributed by atoms with van der Waals surface area (Å²) in [5.74, 6) is -0.166. The van der Waals surface area contributed by atoms with Crippen LogP contribution >= 0.6 is 15.9 Å². The standard InChI is InChI=1S/C12H15BrN2O3/c1-18-10-4-9(7-16)15(6-10)12(17)11-3-2-8(13)5-14-11/h2-3,5,9-10,16H,4,6-7H2,1H3/t9-,10-/m0/s1. The van der Waals surface area contributed by atoms with Crippen molar-refractivity contribution in [3.05, 3.63) is 28.5 Å². The van der Waals surface area contributed by atoms with E-state index in [4.69, 9.17) is 4.74 Å². The van der Waals surface area contributed by atoms with Gasteiger partial charge in [-0.1, -0.05) is 0 Å². The number of methoxy groups -OCH3 is 1. The van der Waals surface area contributed by atoms with Crippen LogP contribution in [0.4, 0.5) is 0 Å². The Morgan fingerprint density at radius 2 is 2.44 bits per heavy atom. The number of amides is 1. The maximum atomic E-state index is 12.3. The lowest BCUT2D eigenvalue weighted by molar-refractivity contribution is 0.0642. The van der Waals surface area contributed by atoms with E-state index in [9.17, 15) is 9.90 Å². The van der Waals surface area contributed by atoms with Gasteiger partial charge in [0, 0.05) is 24.3 Å². The van der Waals surface area contributed by atoms with Crippen molar-refractivity contribution in [3.63, 3.8) is 0 Å². The number of rotatable bonds is 3. The number of carbonyl (C=O) groups excluding carboxylic acids is 1. The van der Waals surface area contributed by atoms with E-state index in [2.05, 4.69) is 20.9 Å². The normalized spacial score (nSPS) is 23.4.